The lowest BCUT2D eigenvalue weighted by molar-refractivity contribution is 0.114. The van der Waals surface area contributed by atoms with E-state index < -0.39 is 0 Å². The molecule has 1 heterocycles. The van der Waals surface area contributed by atoms with E-state index in [1.165, 1.54) is 32.1 Å². The fraction of sp³-hybridized carbons (Fsp3) is 0.846. The first kappa shape index (κ1) is 13.7. The highest BCUT2D eigenvalue weighted by atomic mass is 32.1. The van der Waals surface area contributed by atoms with Crippen molar-refractivity contribution < 1.29 is 4.74 Å². The van der Waals surface area contributed by atoms with Gasteiger partial charge in [-0.2, -0.15) is 5.10 Å². The first-order chi connectivity index (χ1) is 8.84. The molecule has 4 nitrogen and oxygen atoms in total. The van der Waals surface area contributed by atoms with E-state index in [0.29, 0.717) is 17.1 Å². The second-order valence-electron chi connectivity index (χ2n) is 5.13. The van der Waals surface area contributed by atoms with E-state index in [9.17, 15) is 0 Å². The van der Waals surface area contributed by atoms with Crippen LogP contribution in [0.25, 0.3) is 0 Å². The predicted molar refractivity (Wildman–Crippen MR) is 77.8 cm³/mol. The van der Waals surface area contributed by atoms with Crippen molar-refractivity contribution in [3.63, 3.8) is 0 Å². The molecular formula is C13H23N3OS. The minimum atomic E-state index is 0.312. The summed E-state index contributed by atoms with van der Waals surface area (Å²) in [5, 5.41) is 7.96. The van der Waals surface area contributed by atoms with Crippen molar-refractivity contribution in [3.05, 3.63) is 0 Å². The highest BCUT2D eigenvalue weighted by Gasteiger charge is 2.15. The Kier molecular flexibility index (Phi) is 5.87. The number of hydrogen-bond donors (Lipinski definition) is 2. The minimum absolute atomic E-state index is 0.312. The molecule has 0 spiro atoms. The fourth-order valence-electron chi connectivity index (χ4n) is 2.54. The van der Waals surface area contributed by atoms with E-state index in [1.807, 2.05) is 6.21 Å². The van der Waals surface area contributed by atoms with Gasteiger partial charge in [-0.1, -0.05) is 19.3 Å². The SMILES string of the molecule is S=C(NC[C@H]1CCCO1)NN=CC1CCCCC1. The monoisotopic (exact) mass is 269 g/mol. The topological polar surface area (TPSA) is 45.6 Å². The Morgan fingerprint density at radius 1 is 1.22 bits per heavy atom. The van der Waals surface area contributed by atoms with E-state index in [-0.39, 0.29) is 0 Å². The predicted octanol–water partition coefficient (Wildman–Crippen LogP) is 2.20. The number of hydrogen-bond acceptors (Lipinski definition) is 3. The maximum atomic E-state index is 5.51. The van der Waals surface area contributed by atoms with Crippen LogP contribution in [0.2, 0.25) is 0 Å². The molecule has 0 amide bonds. The van der Waals surface area contributed by atoms with Crippen LogP contribution in [-0.4, -0.2) is 30.6 Å². The van der Waals surface area contributed by atoms with Gasteiger partial charge in [-0.3, -0.25) is 5.43 Å². The first-order valence-electron chi connectivity index (χ1n) is 7.03. The molecule has 1 saturated heterocycles. The quantitative estimate of drug-likeness (QED) is 0.466. The fourth-order valence-corrected chi connectivity index (χ4v) is 2.67. The van der Waals surface area contributed by atoms with Crippen molar-refractivity contribution in [1.29, 1.82) is 0 Å². The van der Waals surface area contributed by atoms with Crippen molar-refractivity contribution in [2.24, 2.45) is 11.0 Å². The summed E-state index contributed by atoms with van der Waals surface area (Å²) in [7, 11) is 0. The molecule has 0 aromatic carbocycles. The number of ether oxygens (including phenoxy) is 1. The third-order valence-electron chi connectivity index (χ3n) is 3.62. The summed E-state index contributed by atoms with van der Waals surface area (Å²) in [4.78, 5) is 0. The molecule has 0 aromatic heterocycles. The van der Waals surface area contributed by atoms with Crippen LogP contribution in [0.3, 0.4) is 0 Å². The van der Waals surface area contributed by atoms with Crippen LogP contribution in [0.5, 0.6) is 0 Å². The third kappa shape index (κ3) is 4.90. The summed E-state index contributed by atoms with van der Waals surface area (Å²) in [6.07, 6.45) is 11.2. The highest BCUT2D eigenvalue weighted by molar-refractivity contribution is 7.80. The number of nitrogens with zero attached hydrogens (tertiary/aromatic N) is 1. The molecule has 2 N–H and O–H groups in total. The molecule has 2 fully saturated rings. The molecule has 1 atom stereocenters. The van der Waals surface area contributed by atoms with Crippen LogP contribution in [-0.2, 0) is 4.74 Å². The van der Waals surface area contributed by atoms with E-state index in [4.69, 9.17) is 17.0 Å². The minimum Gasteiger partial charge on any atom is -0.376 e. The van der Waals surface area contributed by atoms with Gasteiger partial charge >= 0.3 is 0 Å². The molecule has 2 aliphatic rings. The van der Waals surface area contributed by atoms with Crippen molar-refractivity contribution in [2.75, 3.05) is 13.2 Å². The normalized spacial score (nSPS) is 25.4. The lowest BCUT2D eigenvalue weighted by atomic mass is 9.90. The first-order valence-corrected chi connectivity index (χ1v) is 7.44. The largest absolute Gasteiger partial charge is 0.376 e. The zero-order chi connectivity index (χ0) is 12.6. The Hall–Kier alpha value is -0.680. The van der Waals surface area contributed by atoms with Crippen molar-refractivity contribution in [2.45, 2.75) is 51.0 Å². The molecule has 1 aliphatic heterocycles. The zero-order valence-corrected chi connectivity index (χ0v) is 11.7. The summed E-state index contributed by atoms with van der Waals surface area (Å²) in [6, 6.07) is 0. The van der Waals surface area contributed by atoms with Crippen LogP contribution >= 0.6 is 12.2 Å². The maximum absolute atomic E-state index is 5.51. The van der Waals surface area contributed by atoms with E-state index in [1.54, 1.807) is 0 Å². The van der Waals surface area contributed by atoms with Crippen LogP contribution in [0.15, 0.2) is 5.10 Å². The second-order valence-corrected chi connectivity index (χ2v) is 5.54. The van der Waals surface area contributed by atoms with Gasteiger partial charge < -0.3 is 10.1 Å². The van der Waals surface area contributed by atoms with E-state index >= 15 is 0 Å². The molecule has 5 heteroatoms. The summed E-state index contributed by atoms with van der Waals surface area (Å²) in [6.45, 7) is 1.66. The van der Waals surface area contributed by atoms with Crippen LogP contribution in [0, 0.1) is 5.92 Å². The second kappa shape index (κ2) is 7.69. The van der Waals surface area contributed by atoms with Gasteiger partial charge in [0.05, 0.1) is 6.10 Å². The summed E-state index contributed by atoms with van der Waals surface area (Å²) >= 11 is 5.16. The van der Waals surface area contributed by atoms with Gasteiger partial charge in [0.1, 0.15) is 0 Å². The number of nitrogens with one attached hydrogen (secondary N) is 2. The van der Waals surface area contributed by atoms with Gasteiger partial charge in [0, 0.05) is 19.4 Å². The molecular weight excluding hydrogens is 246 g/mol. The number of rotatable bonds is 4. The molecule has 0 radical (unpaired) electrons. The molecule has 0 aromatic rings. The standard InChI is InChI=1S/C13H23N3OS/c18-13(14-10-12-7-4-8-17-12)16-15-9-11-5-2-1-3-6-11/h9,11-12H,1-8,10H2,(H2,14,16,18)/t12-/m1/s1. The van der Waals surface area contributed by atoms with Crippen molar-refractivity contribution >= 4 is 23.5 Å². The maximum Gasteiger partial charge on any atom is 0.187 e. The van der Waals surface area contributed by atoms with Crippen molar-refractivity contribution in [3.8, 4) is 0 Å². The molecule has 0 bridgehead atoms. The van der Waals surface area contributed by atoms with Crippen LogP contribution in [0.4, 0.5) is 0 Å². The van der Waals surface area contributed by atoms with Gasteiger partial charge in [0.2, 0.25) is 0 Å². The van der Waals surface area contributed by atoms with Gasteiger partial charge in [0.25, 0.3) is 0 Å². The van der Waals surface area contributed by atoms with Crippen molar-refractivity contribution in [1.82, 2.24) is 10.7 Å². The van der Waals surface area contributed by atoms with Gasteiger partial charge in [-0.25, -0.2) is 0 Å². The Labute approximate surface area is 115 Å². The van der Waals surface area contributed by atoms with Gasteiger partial charge in [-0.05, 0) is 43.8 Å². The van der Waals surface area contributed by atoms with Gasteiger partial charge in [0.15, 0.2) is 5.11 Å². The lowest BCUT2D eigenvalue weighted by Crippen LogP contribution is -2.37. The smallest absolute Gasteiger partial charge is 0.187 e. The lowest BCUT2D eigenvalue weighted by Gasteiger charge is -2.17. The highest BCUT2D eigenvalue weighted by Crippen LogP contribution is 2.21. The number of hydrazone groups is 1. The van der Waals surface area contributed by atoms with Crippen LogP contribution < -0.4 is 10.7 Å². The Morgan fingerprint density at radius 3 is 2.78 bits per heavy atom. The molecule has 1 saturated carbocycles. The van der Waals surface area contributed by atoms with Crippen LogP contribution in [0.1, 0.15) is 44.9 Å². The summed E-state index contributed by atoms with van der Waals surface area (Å²) < 4.78 is 5.51. The summed E-state index contributed by atoms with van der Waals surface area (Å²) in [5.74, 6) is 0.632. The average molecular weight is 269 g/mol. The molecule has 1 aliphatic carbocycles. The average Bonchev–Trinajstić information content (AvgIpc) is 2.91. The Balaban J connectivity index is 1.57. The molecule has 102 valence electrons. The van der Waals surface area contributed by atoms with E-state index in [0.717, 1.165) is 26.0 Å². The zero-order valence-electron chi connectivity index (χ0n) is 10.9. The Bertz CT molecular complexity index is 284. The Morgan fingerprint density at radius 2 is 2.06 bits per heavy atom. The molecule has 18 heavy (non-hydrogen) atoms. The molecule has 0 unspecified atom stereocenters. The van der Waals surface area contributed by atoms with E-state index in [2.05, 4.69) is 15.8 Å². The number of thiocarbonyl (C=S) groups is 1. The summed E-state index contributed by atoms with van der Waals surface area (Å²) in [5.41, 5.74) is 2.89. The third-order valence-corrected chi connectivity index (χ3v) is 3.85. The van der Waals surface area contributed by atoms with Gasteiger partial charge in [-0.15, -0.1) is 0 Å². The molecule has 2 rings (SSSR count).